The number of likely N-dealkylation sites (tertiary alicyclic amines) is 1. The van der Waals surface area contributed by atoms with Crippen LogP contribution >= 0.6 is 0 Å². The lowest BCUT2D eigenvalue weighted by Gasteiger charge is -2.34. The lowest BCUT2D eigenvalue weighted by atomic mass is 9.83. The Morgan fingerprint density at radius 3 is 2.09 bits per heavy atom. The molecule has 5 amide bonds. The predicted molar refractivity (Wildman–Crippen MR) is 217 cm³/mol. The van der Waals surface area contributed by atoms with E-state index >= 15 is 0 Å². The third kappa shape index (κ3) is 13.4. The summed E-state index contributed by atoms with van der Waals surface area (Å²) in [4.78, 5) is 96.1. The van der Waals surface area contributed by atoms with Crippen LogP contribution in [0.4, 0.5) is 4.79 Å². The summed E-state index contributed by atoms with van der Waals surface area (Å²) in [6.45, 7) is 10.5. The summed E-state index contributed by atoms with van der Waals surface area (Å²) >= 11 is 0. The second-order valence-corrected chi connectivity index (χ2v) is 16.7. The Balaban J connectivity index is 1.49. The molecule has 4 N–H and O–H groups in total. The van der Waals surface area contributed by atoms with E-state index < -0.39 is 77.8 Å². The van der Waals surface area contributed by atoms with Crippen LogP contribution in [0.25, 0.3) is 0 Å². The molecule has 316 valence electrons. The fourth-order valence-electron chi connectivity index (χ4n) is 7.46. The molecule has 1 saturated carbocycles. The van der Waals surface area contributed by atoms with E-state index in [1.165, 1.54) is 4.90 Å². The maximum absolute atomic E-state index is 14.6. The third-order valence-electron chi connectivity index (χ3n) is 10.3. The van der Waals surface area contributed by atoms with Gasteiger partial charge >= 0.3 is 12.1 Å². The zero-order valence-corrected chi connectivity index (χ0v) is 34.7. The Morgan fingerprint density at radius 2 is 1.48 bits per heavy atom. The maximum Gasteiger partial charge on any atom is 0.407 e. The number of hydrogen-bond donors (Lipinski definition) is 4. The van der Waals surface area contributed by atoms with Crippen LogP contribution in [0.2, 0.25) is 0 Å². The molecule has 2 aromatic carbocycles. The Hall–Kier alpha value is -5.27. The Labute approximate surface area is 341 Å². The first-order valence-electron chi connectivity index (χ1n) is 20.6. The first kappa shape index (κ1) is 45.4. The number of carbonyl (C=O) groups excluding carboxylic acids is 7. The molecule has 0 aromatic heterocycles. The van der Waals surface area contributed by atoms with Gasteiger partial charge in [-0.25, -0.2) is 9.59 Å². The van der Waals surface area contributed by atoms with Crippen molar-refractivity contribution in [3.8, 4) is 0 Å². The molecule has 1 saturated heterocycles. The number of esters is 1. The molecule has 14 nitrogen and oxygen atoms in total. The van der Waals surface area contributed by atoms with Crippen LogP contribution in [0.1, 0.15) is 116 Å². The number of hydrogen-bond acceptors (Lipinski definition) is 9. The Morgan fingerprint density at radius 1 is 0.845 bits per heavy atom. The number of benzene rings is 2. The molecule has 0 radical (unpaired) electrons. The van der Waals surface area contributed by atoms with Crippen molar-refractivity contribution >= 4 is 41.5 Å². The SMILES string of the molecule is CCCC(NC(=O)C1CC(c2ccccc2)CN1C(=O)C(NC(=O)OCC(C)C)C1CCCCC1)C(=O)C(=O)NCC(=O)NC(C(=O)OC(C)(C)C)c1ccccc1. The number of Topliss-reactive ketones (excluding diaryl/α,β-unsaturated/α-hetero) is 1. The first-order valence-corrected chi connectivity index (χ1v) is 20.6. The highest BCUT2D eigenvalue weighted by Crippen LogP contribution is 2.35. The van der Waals surface area contributed by atoms with Crippen LogP contribution < -0.4 is 21.3 Å². The largest absolute Gasteiger partial charge is 0.458 e. The lowest BCUT2D eigenvalue weighted by Crippen LogP contribution is -2.58. The van der Waals surface area contributed by atoms with Gasteiger partial charge in [0.2, 0.25) is 23.5 Å². The minimum Gasteiger partial charge on any atom is -0.458 e. The fourth-order valence-corrected chi connectivity index (χ4v) is 7.46. The zero-order chi connectivity index (χ0) is 42.4. The number of ketones is 1. The molecular weight excluding hydrogens is 743 g/mol. The van der Waals surface area contributed by atoms with E-state index in [-0.39, 0.29) is 43.7 Å². The van der Waals surface area contributed by atoms with Gasteiger partial charge in [0.25, 0.3) is 5.91 Å². The van der Waals surface area contributed by atoms with Gasteiger partial charge in [0.05, 0.1) is 19.2 Å². The molecule has 5 atom stereocenters. The zero-order valence-electron chi connectivity index (χ0n) is 34.7. The average Bonchev–Trinajstić information content (AvgIpc) is 3.66. The van der Waals surface area contributed by atoms with E-state index in [1.54, 1.807) is 58.0 Å². The molecule has 58 heavy (non-hydrogen) atoms. The minimum absolute atomic E-state index is 0.0991. The Bertz CT molecular complexity index is 1720. The van der Waals surface area contributed by atoms with Crippen molar-refractivity contribution in [3.05, 3.63) is 71.8 Å². The van der Waals surface area contributed by atoms with Crippen molar-refractivity contribution < 1.29 is 43.0 Å². The highest BCUT2D eigenvalue weighted by molar-refractivity contribution is 6.38. The van der Waals surface area contributed by atoms with Crippen LogP contribution in [0.3, 0.4) is 0 Å². The van der Waals surface area contributed by atoms with Crippen LogP contribution in [0, 0.1) is 11.8 Å². The van der Waals surface area contributed by atoms with E-state index in [0.29, 0.717) is 12.0 Å². The van der Waals surface area contributed by atoms with Gasteiger partial charge in [0.15, 0.2) is 6.04 Å². The molecule has 1 aliphatic heterocycles. The molecule has 0 bridgehead atoms. The van der Waals surface area contributed by atoms with Gasteiger partial charge in [-0.2, -0.15) is 0 Å². The lowest BCUT2D eigenvalue weighted by molar-refractivity contribution is -0.158. The Kier molecular flexibility index (Phi) is 16.8. The number of ether oxygens (including phenoxy) is 2. The second kappa shape index (κ2) is 21.5. The molecule has 2 fully saturated rings. The highest BCUT2D eigenvalue weighted by atomic mass is 16.6. The van der Waals surface area contributed by atoms with Gasteiger partial charge in [-0.1, -0.05) is 107 Å². The molecule has 4 rings (SSSR count). The molecule has 1 heterocycles. The number of rotatable bonds is 17. The topological polar surface area (TPSA) is 189 Å². The van der Waals surface area contributed by atoms with E-state index in [1.807, 2.05) is 44.2 Å². The summed E-state index contributed by atoms with van der Waals surface area (Å²) in [7, 11) is 0. The normalized spacial score (nSPS) is 18.6. The molecule has 2 aromatic rings. The van der Waals surface area contributed by atoms with E-state index in [0.717, 1.165) is 37.7 Å². The monoisotopic (exact) mass is 803 g/mol. The fraction of sp³-hybridized carbons (Fsp3) is 0.568. The standard InChI is InChI=1S/C44H61N5O9/c1-7-17-33(38(51)40(53)45-25-35(50)47-37(31-22-15-10-16-23-31)42(55)58-44(4,5)6)46-39(52)34-24-32(29-18-11-8-12-19-29)26-49(34)41(54)36(30-20-13-9-14-21-30)48-43(56)57-27-28(2)3/h8,10-12,15-16,18-19,22-23,28,30,32-34,36-37H,7,9,13-14,17,20-21,24-27H2,1-6H3,(H,45,53)(H,46,52)(H,47,50)(H,48,56). The van der Waals surface area contributed by atoms with E-state index in [4.69, 9.17) is 9.47 Å². The first-order chi connectivity index (χ1) is 27.6. The molecule has 0 spiro atoms. The highest BCUT2D eigenvalue weighted by Gasteiger charge is 2.45. The second-order valence-electron chi connectivity index (χ2n) is 16.7. The van der Waals surface area contributed by atoms with Crippen LogP contribution in [0.15, 0.2) is 60.7 Å². The van der Waals surface area contributed by atoms with Crippen LogP contribution in [0.5, 0.6) is 0 Å². The van der Waals surface area contributed by atoms with Gasteiger partial charge in [-0.05, 0) is 69.4 Å². The smallest absolute Gasteiger partial charge is 0.407 e. The van der Waals surface area contributed by atoms with Crippen molar-refractivity contribution in [3.63, 3.8) is 0 Å². The van der Waals surface area contributed by atoms with E-state index in [2.05, 4.69) is 21.3 Å². The van der Waals surface area contributed by atoms with Crippen molar-refractivity contribution in [2.24, 2.45) is 11.8 Å². The number of amides is 5. The minimum atomic E-state index is -1.25. The number of nitrogens with one attached hydrogen (secondary N) is 4. The number of nitrogens with zero attached hydrogens (tertiary/aromatic N) is 1. The average molecular weight is 804 g/mol. The van der Waals surface area contributed by atoms with Crippen molar-refractivity contribution in [2.75, 3.05) is 19.7 Å². The van der Waals surface area contributed by atoms with Gasteiger partial charge in [0.1, 0.15) is 17.7 Å². The molecular formula is C44H61N5O9. The molecule has 1 aliphatic carbocycles. The summed E-state index contributed by atoms with van der Waals surface area (Å²) in [6.07, 6.45) is 4.46. The molecule has 2 aliphatic rings. The van der Waals surface area contributed by atoms with Crippen molar-refractivity contribution in [1.29, 1.82) is 0 Å². The van der Waals surface area contributed by atoms with Gasteiger partial charge in [-0.3, -0.25) is 24.0 Å². The predicted octanol–water partition coefficient (Wildman–Crippen LogP) is 4.87. The van der Waals surface area contributed by atoms with Crippen LogP contribution in [-0.4, -0.2) is 89.8 Å². The van der Waals surface area contributed by atoms with Gasteiger partial charge < -0.3 is 35.6 Å². The van der Waals surface area contributed by atoms with Crippen molar-refractivity contribution in [1.82, 2.24) is 26.2 Å². The summed E-state index contributed by atoms with van der Waals surface area (Å²) in [6, 6.07) is 13.7. The van der Waals surface area contributed by atoms with Gasteiger partial charge in [-0.15, -0.1) is 0 Å². The maximum atomic E-state index is 14.6. The van der Waals surface area contributed by atoms with Gasteiger partial charge in [0, 0.05) is 12.5 Å². The van der Waals surface area contributed by atoms with Crippen LogP contribution in [-0.2, 0) is 38.2 Å². The van der Waals surface area contributed by atoms with E-state index in [9.17, 15) is 33.6 Å². The molecule has 14 heteroatoms. The summed E-state index contributed by atoms with van der Waals surface area (Å²) in [5.41, 5.74) is 0.586. The third-order valence-corrected chi connectivity index (χ3v) is 10.3. The summed E-state index contributed by atoms with van der Waals surface area (Å²) < 4.78 is 10.9. The number of alkyl carbamates (subject to hydrolysis) is 1. The number of carbonyl (C=O) groups is 7. The van der Waals surface area contributed by atoms with Crippen molar-refractivity contribution in [2.45, 2.75) is 129 Å². The molecule has 5 unspecified atom stereocenters. The summed E-state index contributed by atoms with van der Waals surface area (Å²) in [5, 5.41) is 10.5. The summed E-state index contributed by atoms with van der Waals surface area (Å²) in [5.74, 6) is -4.73. The quantitative estimate of drug-likeness (QED) is 0.128.